The van der Waals surface area contributed by atoms with E-state index in [4.69, 9.17) is 16.3 Å². The molecule has 1 aromatic heterocycles. The number of nitrogens with zero attached hydrogens (tertiary/aromatic N) is 3. The summed E-state index contributed by atoms with van der Waals surface area (Å²) >= 11 is 0. The Bertz CT molecular complexity index is 395. The molecule has 1 aromatic rings. The van der Waals surface area contributed by atoms with Gasteiger partial charge < -0.3 is 20.8 Å². The fourth-order valence-electron chi connectivity index (χ4n) is 1.57. The Morgan fingerprint density at radius 2 is 2.28 bits per heavy atom. The van der Waals surface area contributed by atoms with Crippen molar-refractivity contribution in [3.05, 3.63) is 6.07 Å². The van der Waals surface area contributed by atoms with E-state index in [0.29, 0.717) is 12.4 Å². The quantitative estimate of drug-likeness (QED) is 0.362. The lowest BCUT2D eigenvalue weighted by molar-refractivity contribution is 0.131. The third-order valence-corrected chi connectivity index (χ3v) is 2.89. The Balaban J connectivity index is 1.82. The van der Waals surface area contributed by atoms with Crippen molar-refractivity contribution in [3.8, 4) is 0 Å². The minimum Gasteiger partial charge on any atom is -0.379 e. The predicted molar refractivity (Wildman–Crippen MR) is 71.1 cm³/mol. The summed E-state index contributed by atoms with van der Waals surface area (Å²) in [6.07, 6.45) is 2.62. The zero-order valence-corrected chi connectivity index (χ0v) is 10.6. The van der Waals surface area contributed by atoms with Gasteiger partial charge in [0.15, 0.2) is 0 Å². The molecule has 7 nitrogen and oxygen atoms in total. The maximum absolute atomic E-state index is 5.60. The molecule has 1 saturated carbocycles. The summed E-state index contributed by atoms with van der Waals surface area (Å²) < 4.78 is 5.58. The fourth-order valence-corrected chi connectivity index (χ4v) is 1.57. The average molecular weight is 252 g/mol. The van der Waals surface area contributed by atoms with Crippen LogP contribution >= 0.6 is 0 Å². The number of likely N-dealkylation sites (N-methyl/N-ethyl adjacent to an activating group) is 1. The first-order valence-electron chi connectivity index (χ1n) is 6.09. The van der Waals surface area contributed by atoms with Gasteiger partial charge in [-0.15, -0.1) is 0 Å². The van der Waals surface area contributed by atoms with E-state index in [-0.39, 0.29) is 5.95 Å². The van der Waals surface area contributed by atoms with Crippen LogP contribution in [0.1, 0.15) is 12.8 Å². The number of aromatic nitrogens is 2. The Hall–Kier alpha value is -1.60. The van der Waals surface area contributed by atoms with Crippen LogP contribution in [0.2, 0.25) is 0 Å². The van der Waals surface area contributed by atoms with E-state index in [1.807, 2.05) is 11.9 Å². The maximum Gasteiger partial charge on any atom is 0.223 e. The molecule has 0 aromatic carbocycles. The molecule has 0 bridgehead atoms. The summed E-state index contributed by atoms with van der Waals surface area (Å²) in [7, 11) is 1.93. The van der Waals surface area contributed by atoms with Gasteiger partial charge in [-0.25, -0.2) is 5.84 Å². The Kier molecular flexibility index (Phi) is 4.16. The van der Waals surface area contributed by atoms with Gasteiger partial charge in [-0.3, -0.25) is 0 Å². The third kappa shape index (κ3) is 3.71. The first-order valence-corrected chi connectivity index (χ1v) is 6.09. The molecule has 2 rings (SSSR count). The lowest BCUT2D eigenvalue weighted by Gasteiger charge is -2.18. The lowest BCUT2D eigenvalue weighted by Crippen LogP contribution is -2.25. The van der Waals surface area contributed by atoms with Crippen molar-refractivity contribution in [1.82, 2.24) is 9.97 Å². The van der Waals surface area contributed by atoms with Gasteiger partial charge in [0.05, 0.1) is 6.61 Å². The monoisotopic (exact) mass is 252 g/mol. The number of nitrogens with one attached hydrogen (secondary N) is 1. The summed E-state index contributed by atoms with van der Waals surface area (Å²) in [4.78, 5) is 10.0. The van der Waals surface area contributed by atoms with Gasteiger partial charge >= 0.3 is 0 Å². The second kappa shape index (κ2) is 5.83. The van der Waals surface area contributed by atoms with Crippen molar-refractivity contribution in [2.75, 3.05) is 42.9 Å². The highest BCUT2D eigenvalue weighted by molar-refractivity contribution is 5.51. The Morgan fingerprint density at radius 3 is 2.94 bits per heavy atom. The van der Waals surface area contributed by atoms with Crippen LogP contribution in [0.4, 0.5) is 17.6 Å². The first kappa shape index (κ1) is 12.8. The zero-order chi connectivity index (χ0) is 13.0. The molecule has 0 atom stereocenters. The normalized spacial score (nSPS) is 14.6. The number of anilines is 3. The van der Waals surface area contributed by atoms with Crippen LogP contribution in [0.5, 0.6) is 0 Å². The highest BCUT2D eigenvalue weighted by Crippen LogP contribution is 2.28. The smallest absolute Gasteiger partial charge is 0.223 e. The van der Waals surface area contributed by atoms with Crippen LogP contribution in [0.15, 0.2) is 6.07 Å². The molecule has 7 heteroatoms. The molecule has 100 valence electrons. The second-order valence-corrected chi connectivity index (χ2v) is 4.55. The average Bonchev–Trinajstić information content (AvgIpc) is 3.17. The van der Waals surface area contributed by atoms with E-state index >= 15 is 0 Å². The summed E-state index contributed by atoms with van der Waals surface area (Å²) in [5.74, 6) is 7.53. The van der Waals surface area contributed by atoms with Gasteiger partial charge in [0.2, 0.25) is 5.95 Å². The Labute approximate surface area is 106 Å². The van der Waals surface area contributed by atoms with E-state index in [9.17, 15) is 0 Å². The van der Waals surface area contributed by atoms with Gasteiger partial charge in [0, 0.05) is 26.3 Å². The minimum absolute atomic E-state index is 0.200. The van der Waals surface area contributed by atoms with E-state index in [0.717, 1.165) is 24.9 Å². The summed E-state index contributed by atoms with van der Waals surface area (Å²) in [6.45, 7) is 2.31. The second-order valence-electron chi connectivity index (χ2n) is 4.55. The molecule has 1 aliphatic carbocycles. The topological polar surface area (TPSA) is 102 Å². The standard InChI is InChI=1S/C11H20N6O/c1-17(4-5-18-7-8-2-3-8)10-6-9(16-13)14-11(12)15-10/h6,8H,2-5,7,13H2,1H3,(H3,12,14,15,16). The molecule has 0 radical (unpaired) electrons. The maximum atomic E-state index is 5.60. The van der Waals surface area contributed by atoms with Crippen LogP contribution in [0, 0.1) is 5.92 Å². The number of hydrogen-bond donors (Lipinski definition) is 3. The van der Waals surface area contributed by atoms with Gasteiger partial charge in [-0.2, -0.15) is 9.97 Å². The van der Waals surface area contributed by atoms with E-state index in [1.165, 1.54) is 12.8 Å². The number of hydrazine groups is 1. The van der Waals surface area contributed by atoms with Crippen LogP contribution in [0.3, 0.4) is 0 Å². The lowest BCUT2D eigenvalue weighted by atomic mass is 10.4. The van der Waals surface area contributed by atoms with Gasteiger partial charge in [-0.1, -0.05) is 0 Å². The first-order chi connectivity index (χ1) is 8.69. The van der Waals surface area contributed by atoms with Crippen molar-refractivity contribution in [2.45, 2.75) is 12.8 Å². The summed E-state index contributed by atoms with van der Waals surface area (Å²) in [5, 5.41) is 0. The van der Waals surface area contributed by atoms with Crippen LogP contribution in [0.25, 0.3) is 0 Å². The fraction of sp³-hybridized carbons (Fsp3) is 0.636. The summed E-state index contributed by atoms with van der Waals surface area (Å²) in [5.41, 5.74) is 8.06. The zero-order valence-electron chi connectivity index (χ0n) is 10.6. The van der Waals surface area contributed by atoms with E-state index in [2.05, 4.69) is 15.4 Å². The third-order valence-electron chi connectivity index (χ3n) is 2.89. The van der Waals surface area contributed by atoms with Crippen molar-refractivity contribution in [2.24, 2.45) is 11.8 Å². The van der Waals surface area contributed by atoms with Crippen LogP contribution < -0.4 is 21.9 Å². The largest absolute Gasteiger partial charge is 0.379 e. The highest BCUT2D eigenvalue weighted by atomic mass is 16.5. The molecular weight excluding hydrogens is 232 g/mol. The minimum atomic E-state index is 0.200. The SMILES string of the molecule is CN(CCOCC1CC1)c1cc(NN)nc(N)n1. The van der Waals surface area contributed by atoms with Crippen molar-refractivity contribution in [1.29, 1.82) is 0 Å². The molecule has 18 heavy (non-hydrogen) atoms. The van der Waals surface area contributed by atoms with Crippen molar-refractivity contribution >= 4 is 17.6 Å². The molecule has 5 N–H and O–H groups in total. The van der Waals surface area contributed by atoms with Crippen molar-refractivity contribution in [3.63, 3.8) is 0 Å². The van der Waals surface area contributed by atoms with Gasteiger partial charge in [0.1, 0.15) is 11.6 Å². The molecule has 0 unspecified atom stereocenters. The highest BCUT2D eigenvalue weighted by Gasteiger charge is 2.21. The number of ether oxygens (including phenoxy) is 1. The molecule has 0 saturated heterocycles. The van der Waals surface area contributed by atoms with Crippen LogP contribution in [-0.4, -0.2) is 36.8 Å². The molecule has 0 amide bonds. The Morgan fingerprint density at radius 1 is 1.50 bits per heavy atom. The molecule has 1 heterocycles. The number of nitrogen functional groups attached to an aromatic ring is 2. The summed E-state index contributed by atoms with van der Waals surface area (Å²) in [6, 6.07) is 1.75. The van der Waals surface area contributed by atoms with Gasteiger partial charge in [-0.05, 0) is 18.8 Å². The molecule has 1 aliphatic rings. The van der Waals surface area contributed by atoms with Crippen LogP contribution in [-0.2, 0) is 4.74 Å². The number of rotatable bonds is 7. The molecule has 1 fully saturated rings. The van der Waals surface area contributed by atoms with E-state index < -0.39 is 0 Å². The van der Waals surface area contributed by atoms with Crippen molar-refractivity contribution < 1.29 is 4.74 Å². The molecular formula is C11H20N6O. The van der Waals surface area contributed by atoms with Gasteiger partial charge in [0.25, 0.3) is 0 Å². The molecule has 0 spiro atoms. The molecule has 0 aliphatic heterocycles. The number of nitrogens with two attached hydrogens (primary N) is 2. The number of hydrogen-bond acceptors (Lipinski definition) is 7. The van der Waals surface area contributed by atoms with E-state index in [1.54, 1.807) is 6.07 Å². The predicted octanol–water partition coefficient (Wildman–Crippen LogP) is 0.207.